The lowest BCUT2D eigenvalue weighted by Gasteiger charge is -2.21. The van der Waals surface area contributed by atoms with Crippen molar-refractivity contribution in [3.8, 4) is 5.75 Å². The molecule has 3 heteroatoms. The van der Waals surface area contributed by atoms with Crippen LogP contribution < -0.4 is 10.1 Å². The second-order valence-corrected chi connectivity index (χ2v) is 6.46. The smallest absolute Gasteiger partial charge is 0.119 e. The molecule has 1 aromatic carbocycles. The van der Waals surface area contributed by atoms with E-state index in [1.165, 1.54) is 36.1 Å². The summed E-state index contributed by atoms with van der Waals surface area (Å²) < 4.78 is 5.37. The lowest BCUT2D eigenvalue weighted by molar-refractivity contribution is 0.413. The van der Waals surface area contributed by atoms with E-state index >= 15 is 0 Å². The molecular formula is C16H25NOS. The van der Waals surface area contributed by atoms with Crippen molar-refractivity contribution in [2.45, 2.75) is 44.4 Å². The molecule has 1 aromatic rings. The predicted molar refractivity (Wildman–Crippen MR) is 84.3 cm³/mol. The van der Waals surface area contributed by atoms with E-state index < -0.39 is 0 Å². The van der Waals surface area contributed by atoms with Crippen LogP contribution in [0, 0.1) is 0 Å². The summed E-state index contributed by atoms with van der Waals surface area (Å²) in [7, 11) is 1.74. The van der Waals surface area contributed by atoms with Gasteiger partial charge in [0.05, 0.1) is 7.11 Å². The van der Waals surface area contributed by atoms with Crippen LogP contribution in [0.4, 0.5) is 0 Å². The molecule has 0 aromatic heterocycles. The van der Waals surface area contributed by atoms with Gasteiger partial charge >= 0.3 is 0 Å². The Hall–Kier alpha value is -0.670. The summed E-state index contributed by atoms with van der Waals surface area (Å²) in [6.07, 6.45) is 3.62. The molecule has 1 aliphatic rings. The summed E-state index contributed by atoms with van der Waals surface area (Å²) in [6.45, 7) is 5.57. The van der Waals surface area contributed by atoms with Gasteiger partial charge in [0.15, 0.2) is 0 Å². The molecule has 1 aliphatic carbocycles. The number of rotatable bonds is 7. The van der Waals surface area contributed by atoms with E-state index in [4.69, 9.17) is 4.74 Å². The number of ether oxygens (including phenoxy) is 1. The zero-order valence-corrected chi connectivity index (χ0v) is 13.1. The molecule has 106 valence electrons. The number of benzene rings is 1. The Morgan fingerprint density at radius 1 is 1.32 bits per heavy atom. The van der Waals surface area contributed by atoms with Crippen LogP contribution in [0.25, 0.3) is 0 Å². The lowest BCUT2D eigenvalue weighted by atomic mass is 10.1. The Morgan fingerprint density at radius 3 is 2.84 bits per heavy atom. The summed E-state index contributed by atoms with van der Waals surface area (Å²) in [5, 5.41) is 4.40. The molecule has 0 radical (unpaired) electrons. The highest BCUT2D eigenvalue weighted by Gasteiger charge is 2.32. The van der Waals surface area contributed by atoms with Crippen LogP contribution in [-0.4, -0.2) is 24.7 Å². The Bertz CT molecular complexity index is 408. The largest absolute Gasteiger partial charge is 0.497 e. The van der Waals surface area contributed by atoms with Gasteiger partial charge in [-0.3, -0.25) is 0 Å². The van der Waals surface area contributed by atoms with E-state index in [-0.39, 0.29) is 0 Å². The van der Waals surface area contributed by atoms with Crippen molar-refractivity contribution in [1.82, 2.24) is 5.32 Å². The van der Waals surface area contributed by atoms with Crippen LogP contribution >= 0.6 is 11.8 Å². The Balaban J connectivity index is 2.17. The predicted octanol–water partition coefficient (Wildman–Crippen LogP) is 3.80. The van der Waals surface area contributed by atoms with Gasteiger partial charge in [-0.2, -0.15) is 11.8 Å². The molecule has 0 saturated heterocycles. The van der Waals surface area contributed by atoms with Gasteiger partial charge in [-0.1, -0.05) is 19.9 Å². The standard InChI is InChI=1S/C16H25NOS/c1-4-8-17-16-14-11-13(18-3)7-6-12(14)10-15(16)19-9-5-2/h6-7,11,15-17H,4-5,8-10H2,1-3H3. The normalized spacial score (nSPS) is 21.4. The van der Waals surface area contributed by atoms with Gasteiger partial charge < -0.3 is 10.1 Å². The van der Waals surface area contributed by atoms with Crippen LogP contribution in [0.3, 0.4) is 0 Å². The van der Waals surface area contributed by atoms with Crippen LogP contribution in [0.5, 0.6) is 5.75 Å². The van der Waals surface area contributed by atoms with Crippen molar-refractivity contribution in [3.63, 3.8) is 0 Å². The van der Waals surface area contributed by atoms with Crippen molar-refractivity contribution in [2.24, 2.45) is 0 Å². The molecule has 19 heavy (non-hydrogen) atoms. The molecule has 0 spiro atoms. The van der Waals surface area contributed by atoms with E-state index in [1.807, 2.05) is 0 Å². The molecule has 0 saturated carbocycles. The van der Waals surface area contributed by atoms with Crippen molar-refractivity contribution in [1.29, 1.82) is 0 Å². The SMILES string of the molecule is CCCNC1c2cc(OC)ccc2CC1SCCC. The van der Waals surface area contributed by atoms with E-state index in [0.29, 0.717) is 11.3 Å². The maximum atomic E-state index is 5.37. The fourth-order valence-corrected chi connectivity index (χ4v) is 3.95. The number of thioether (sulfide) groups is 1. The first kappa shape index (κ1) is 14.7. The topological polar surface area (TPSA) is 21.3 Å². The van der Waals surface area contributed by atoms with Gasteiger partial charge in [0, 0.05) is 11.3 Å². The van der Waals surface area contributed by atoms with Gasteiger partial charge in [0.1, 0.15) is 5.75 Å². The first-order valence-electron chi connectivity index (χ1n) is 7.32. The van der Waals surface area contributed by atoms with Crippen LogP contribution in [0.1, 0.15) is 43.9 Å². The minimum absolute atomic E-state index is 0.488. The number of hydrogen-bond donors (Lipinski definition) is 1. The molecule has 0 aliphatic heterocycles. The van der Waals surface area contributed by atoms with Crippen molar-refractivity contribution >= 4 is 11.8 Å². The highest BCUT2D eigenvalue weighted by Crippen LogP contribution is 2.40. The minimum Gasteiger partial charge on any atom is -0.497 e. The van der Waals surface area contributed by atoms with Gasteiger partial charge in [-0.05, 0) is 54.8 Å². The molecule has 2 unspecified atom stereocenters. The van der Waals surface area contributed by atoms with Crippen molar-refractivity contribution in [2.75, 3.05) is 19.4 Å². The Kier molecular flexibility index (Phi) is 5.59. The van der Waals surface area contributed by atoms with Gasteiger partial charge in [0.2, 0.25) is 0 Å². The van der Waals surface area contributed by atoms with Crippen molar-refractivity contribution < 1.29 is 4.74 Å². The summed E-state index contributed by atoms with van der Waals surface area (Å²) in [6, 6.07) is 7.03. The number of fused-ring (bicyclic) bond motifs is 1. The zero-order chi connectivity index (χ0) is 13.7. The van der Waals surface area contributed by atoms with E-state index in [2.05, 4.69) is 49.1 Å². The Morgan fingerprint density at radius 2 is 2.16 bits per heavy atom. The summed E-state index contributed by atoms with van der Waals surface area (Å²) in [4.78, 5) is 0. The highest BCUT2D eigenvalue weighted by molar-refractivity contribution is 7.99. The summed E-state index contributed by atoms with van der Waals surface area (Å²) in [5.41, 5.74) is 2.93. The van der Waals surface area contributed by atoms with Gasteiger partial charge in [-0.15, -0.1) is 0 Å². The van der Waals surface area contributed by atoms with Gasteiger partial charge in [0.25, 0.3) is 0 Å². The quantitative estimate of drug-likeness (QED) is 0.820. The molecule has 0 heterocycles. The number of nitrogens with one attached hydrogen (secondary N) is 1. The highest BCUT2D eigenvalue weighted by atomic mass is 32.2. The fourth-order valence-electron chi connectivity index (χ4n) is 2.68. The molecule has 0 bridgehead atoms. The lowest BCUT2D eigenvalue weighted by Crippen LogP contribution is -2.28. The third-order valence-corrected chi connectivity index (χ3v) is 5.14. The molecule has 2 atom stereocenters. The molecular weight excluding hydrogens is 254 g/mol. The molecule has 1 N–H and O–H groups in total. The molecule has 2 rings (SSSR count). The first-order valence-corrected chi connectivity index (χ1v) is 8.36. The monoisotopic (exact) mass is 279 g/mol. The second-order valence-electron chi connectivity index (χ2n) is 5.11. The third-order valence-electron chi connectivity index (χ3n) is 3.63. The second kappa shape index (κ2) is 7.20. The average molecular weight is 279 g/mol. The summed E-state index contributed by atoms with van der Waals surface area (Å²) in [5.74, 6) is 2.23. The van der Waals surface area contributed by atoms with Crippen LogP contribution in [0.15, 0.2) is 18.2 Å². The number of hydrogen-bond acceptors (Lipinski definition) is 3. The van der Waals surface area contributed by atoms with Crippen LogP contribution in [-0.2, 0) is 6.42 Å². The molecule has 2 nitrogen and oxygen atoms in total. The van der Waals surface area contributed by atoms with Gasteiger partial charge in [-0.25, -0.2) is 0 Å². The maximum absolute atomic E-state index is 5.37. The van der Waals surface area contributed by atoms with E-state index in [9.17, 15) is 0 Å². The van der Waals surface area contributed by atoms with E-state index in [1.54, 1.807) is 7.11 Å². The third kappa shape index (κ3) is 3.46. The number of methoxy groups -OCH3 is 1. The van der Waals surface area contributed by atoms with Crippen LogP contribution in [0.2, 0.25) is 0 Å². The van der Waals surface area contributed by atoms with E-state index in [0.717, 1.165) is 12.3 Å². The first-order chi connectivity index (χ1) is 9.30. The zero-order valence-electron chi connectivity index (χ0n) is 12.2. The summed E-state index contributed by atoms with van der Waals surface area (Å²) >= 11 is 2.11. The Labute approximate surface area is 121 Å². The fraction of sp³-hybridized carbons (Fsp3) is 0.625. The molecule has 0 fully saturated rings. The average Bonchev–Trinajstić information content (AvgIpc) is 2.79. The van der Waals surface area contributed by atoms with Crippen molar-refractivity contribution in [3.05, 3.63) is 29.3 Å². The minimum atomic E-state index is 0.488. The maximum Gasteiger partial charge on any atom is 0.119 e. The molecule has 0 amide bonds.